The molecule has 0 atom stereocenters. The van der Waals surface area contributed by atoms with Crippen molar-refractivity contribution in [3.8, 4) is 11.4 Å². The number of nitrogens with one attached hydrogen (secondary N) is 2. The summed E-state index contributed by atoms with van der Waals surface area (Å²) < 4.78 is 42.7. The molecule has 2 aromatic heterocycles. The van der Waals surface area contributed by atoms with Gasteiger partial charge in [-0.25, -0.2) is 14.8 Å². The fourth-order valence-electron chi connectivity index (χ4n) is 2.48. The molecule has 0 bridgehead atoms. The van der Waals surface area contributed by atoms with Crippen molar-refractivity contribution < 1.29 is 27.5 Å². The first-order valence-electron chi connectivity index (χ1n) is 9.56. The zero-order chi connectivity index (χ0) is 23.7. The van der Waals surface area contributed by atoms with Crippen LogP contribution in [0.15, 0.2) is 66.1 Å². The number of nitrogens with zero attached hydrogens (tertiary/aromatic N) is 3. The summed E-state index contributed by atoms with van der Waals surface area (Å²) in [5, 5.41) is 5.23. The number of pyridine rings is 1. The third-order valence-corrected chi connectivity index (χ3v) is 4.84. The molecule has 33 heavy (non-hydrogen) atoms. The first-order valence-corrected chi connectivity index (χ1v) is 10.5. The van der Waals surface area contributed by atoms with Crippen molar-refractivity contribution in [2.75, 3.05) is 24.2 Å². The van der Waals surface area contributed by atoms with E-state index in [1.807, 2.05) is 12.1 Å². The molecule has 1 aromatic carbocycles. The van der Waals surface area contributed by atoms with Crippen molar-refractivity contribution >= 4 is 29.4 Å². The molecule has 8 nitrogen and oxygen atoms in total. The number of halogens is 3. The fraction of sp³-hybridized carbons (Fsp3) is 0.190. The SMILES string of the molecule is O=C(NCCOC(=O)CSc1nccc(-c2ccccn2)n1)Nc1ccc(C(F)(F)F)cc1. The smallest absolute Gasteiger partial charge is 0.416 e. The number of urea groups is 1. The molecule has 0 radical (unpaired) electrons. The molecule has 0 aliphatic heterocycles. The van der Waals surface area contributed by atoms with Gasteiger partial charge in [0.2, 0.25) is 0 Å². The second kappa shape index (κ2) is 11.3. The van der Waals surface area contributed by atoms with E-state index in [4.69, 9.17) is 4.74 Å². The van der Waals surface area contributed by atoms with Gasteiger partial charge < -0.3 is 15.4 Å². The van der Waals surface area contributed by atoms with Crippen LogP contribution in [-0.2, 0) is 15.7 Å². The highest BCUT2D eigenvalue weighted by Crippen LogP contribution is 2.29. The Bertz CT molecular complexity index is 1080. The molecule has 0 fully saturated rings. The van der Waals surface area contributed by atoms with Gasteiger partial charge >= 0.3 is 18.2 Å². The van der Waals surface area contributed by atoms with Gasteiger partial charge in [0.25, 0.3) is 0 Å². The van der Waals surface area contributed by atoms with E-state index in [0.717, 1.165) is 36.0 Å². The van der Waals surface area contributed by atoms with E-state index in [1.54, 1.807) is 24.5 Å². The Hall–Kier alpha value is -3.67. The van der Waals surface area contributed by atoms with Gasteiger partial charge in [0.05, 0.1) is 29.2 Å². The number of thioether (sulfide) groups is 1. The van der Waals surface area contributed by atoms with Crippen molar-refractivity contribution in [3.63, 3.8) is 0 Å². The zero-order valence-electron chi connectivity index (χ0n) is 17.0. The Morgan fingerprint density at radius 3 is 2.45 bits per heavy atom. The number of aromatic nitrogens is 3. The molecule has 0 aliphatic carbocycles. The maximum absolute atomic E-state index is 12.5. The number of carbonyl (C=O) groups excluding carboxylic acids is 2. The van der Waals surface area contributed by atoms with Gasteiger partial charge in [0, 0.05) is 18.1 Å². The molecule has 0 saturated heterocycles. The standard InChI is InChI=1S/C21H18F3N5O3S/c22-21(23,24)14-4-6-15(7-5-14)28-19(31)26-11-12-32-18(30)13-33-20-27-10-8-17(29-20)16-3-1-2-9-25-16/h1-10H,11-13H2,(H2,26,28,31). The average Bonchev–Trinajstić information content (AvgIpc) is 2.81. The summed E-state index contributed by atoms with van der Waals surface area (Å²) in [5.74, 6) is -0.541. The number of carbonyl (C=O) groups is 2. The summed E-state index contributed by atoms with van der Waals surface area (Å²) in [6.45, 7) is -0.0524. The van der Waals surface area contributed by atoms with Crippen LogP contribution in [0.4, 0.5) is 23.7 Å². The van der Waals surface area contributed by atoms with Crippen molar-refractivity contribution in [3.05, 3.63) is 66.5 Å². The molecule has 12 heteroatoms. The molecule has 2 heterocycles. The van der Waals surface area contributed by atoms with Crippen LogP contribution in [0.25, 0.3) is 11.4 Å². The summed E-state index contributed by atoms with van der Waals surface area (Å²) in [5.41, 5.74) is 0.698. The highest BCUT2D eigenvalue weighted by atomic mass is 32.2. The van der Waals surface area contributed by atoms with Crippen LogP contribution in [0.5, 0.6) is 0 Å². The van der Waals surface area contributed by atoms with Gasteiger partial charge in [0.1, 0.15) is 6.61 Å². The molecule has 3 aromatic rings. The molecule has 2 amide bonds. The molecule has 3 rings (SSSR count). The van der Waals surface area contributed by atoms with E-state index in [1.165, 1.54) is 0 Å². The summed E-state index contributed by atoms with van der Waals surface area (Å²) in [4.78, 5) is 36.3. The molecule has 0 saturated carbocycles. The molecular formula is C21H18F3N5O3S. The molecule has 0 spiro atoms. The number of esters is 1. The molecular weight excluding hydrogens is 459 g/mol. The Morgan fingerprint density at radius 1 is 0.970 bits per heavy atom. The fourth-order valence-corrected chi connectivity index (χ4v) is 3.11. The van der Waals surface area contributed by atoms with Crippen LogP contribution in [0, 0.1) is 0 Å². The number of benzene rings is 1. The predicted octanol–water partition coefficient (Wildman–Crippen LogP) is 4.01. The summed E-state index contributed by atoms with van der Waals surface area (Å²) in [6.07, 6.45) is -1.22. The third-order valence-electron chi connectivity index (χ3n) is 4.00. The number of ether oxygens (including phenoxy) is 1. The van der Waals surface area contributed by atoms with Crippen LogP contribution >= 0.6 is 11.8 Å². The van der Waals surface area contributed by atoms with Crippen molar-refractivity contribution in [2.45, 2.75) is 11.3 Å². The molecule has 172 valence electrons. The number of rotatable bonds is 8. The lowest BCUT2D eigenvalue weighted by atomic mass is 10.2. The van der Waals surface area contributed by atoms with E-state index in [-0.39, 0.29) is 24.6 Å². The van der Waals surface area contributed by atoms with Gasteiger partial charge in [-0.2, -0.15) is 13.2 Å². The number of hydrogen-bond donors (Lipinski definition) is 2. The number of hydrogen-bond acceptors (Lipinski definition) is 7. The first kappa shape index (κ1) is 24.0. The lowest BCUT2D eigenvalue weighted by molar-refractivity contribution is -0.140. The maximum Gasteiger partial charge on any atom is 0.416 e. The van der Waals surface area contributed by atoms with Crippen molar-refractivity contribution in [1.29, 1.82) is 0 Å². The summed E-state index contributed by atoms with van der Waals surface area (Å²) in [7, 11) is 0. The van der Waals surface area contributed by atoms with Gasteiger partial charge in [0.15, 0.2) is 5.16 Å². The largest absolute Gasteiger partial charge is 0.463 e. The highest BCUT2D eigenvalue weighted by molar-refractivity contribution is 7.99. The maximum atomic E-state index is 12.5. The summed E-state index contributed by atoms with van der Waals surface area (Å²) >= 11 is 1.10. The second-order valence-corrected chi connectivity index (χ2v) is 7.35. The highest BCUT2D eigenvalue weighted by Gasteiger charge is 2.29. The van der Waals surface area contributed by atoms with E-state index >= 15 is 0 Å². The lowest BCUT2D eigenvalue weighted by Gasteiger charge is -2.10. The first-order chi connectivity index (χ1) is 15.8. The third kappa shape index (κ3) is 7.75. The Labute approximate surface area is 191 Å². The Kier molecular flexibility index (Phi) is 8.19. The predicted molar refractivity (Wildman–Crippen MR) is 115 cm³/mol. The van der Waals surface area contributed by atoms with Crippen LogP contribution in [-0.4, -0.2) is 45.9 Å². The van der Waals surface area contributed by atoms with Gasteiger partial charge in [-0.05, 0) is 42.5 Å². The van der Waals surface area contributed by atoms with Crippen LogP contribution in [0.1, 0.15) is 5.56 Å². The Balaban J connectivity index is 1.35. The van der Waals surface area contributed by atoms with E-state index in [9.17, 15) is 22.8 Å². The van der Waals surface area contributed by atoms with E-state index < -0.39 is 23.7 Å². The zero-order valence-corrected chi connectivity index (χ0v) is 17.8. The average molecular weight is 477 g/mol. The van der Waals surface area contributed by atoms with Crippen LogP contribution in [0.2, 0.25) is 0 Å². The Morgan fingerprint density at radius 2 is 1.76 bits per heavy atom. The quantitative estimate of drug-likeness (QED) is 0.219. The summed E-state index contributed by atoms with van der Waals surface area (Å²) in [6, 6.07) is 10.5. The number of alkyl halides is 3. The van der Waals surface area contributed by atoms with Crippen molar-refractivity contribution in [2.24, 2.45) is 0 Å². The normalized spacial score (nSPS) is 11.0. The van der Waals surface area contributed by atoms with Crippen LogP contribution < -0.4 is 10.6 Å². The number of amides is 2. The monoisotopic (exact) mass is 477 g/mol. The second-order valence-electron chi connectivity index (χ2n) is 6.40. The molecule has 0 aliphatic rings. The van der Waals surface area contributed by atoms with Gasteiger partial charge in [-0.3, -0.25) is 9.78 Å². The topological polar surface area (TPSA) is 106 Å². The minimum atomic E-state index is -4.45. The number of anilines is 1. The van der Waals surface area contributed by atoms with E-state index in [2.05, 4.69) is 25.6 Å². The minimum absolute atomic E-state index is 0.0224. The lowest BCUT2D eigenvalue weighted by Crippen LogP contribution is -2.32. The van der Waals surface area contributed by atoms with Gasteiger partial charge in [-0.15, -0.1) is 0 Å². The van der Waals surface area contributed by atoms with E-state index in [0.29, 0.717) is 16.5 Å². The van der Waals surface area contributed by atoms with Gasteiger partial charge in [-0.1, -0.05) is 17.8 Å². The molecule has 0 unspecified atom stereocenters. The van der Waals surface area contributed by atoms with Crippen LogP contribution in [0.3, 0.4) is 0 Å². The minimum Gasteiger partial charge on any atom is -0.463 e. The van der Waals surface area contributed by atoms with Crippen molar-refractivity contribution in [1.82, 2.24) is 20.3 Å². The molecule has 2 N–H and O–H groups in total.